The molecule has 3 heterocycles. The van der Waals surface area contributed by atoms with Gasteiger partial charge in [0, 0.05) is 29.4 Å². The summed E-state index contributed by atoms with van der Waals surface area (Å²) in [5, 5.41) is 18.6. The number of H-pyrrole nitrogens is 2. The summed E-state index contributed by atoms with van der Waals surface area (Å²) in [5.74, 6) is -0.329. The van der Waals surface area contributed by atoms with E-state index < -0.39 is 0 Å². The van der Waals surface area contributed by atoms with E-state index >= 15 is 0 Å². The second kappa shape index (κ2) is 5.91. The van der Waals surface area contributed by atoms with Gasteiger partial charge in [0.25, 0.3) is 5.91 Å². The van der Waals surface area contributed by atoms with Crippen LogP contribution in [0.1, 0.15) is 10.4 Å². The molecule has 4 N–H and O–H groups in total. The number of nitrogens with one attached hydrogen (secondary N) is 3. The molecule has 0 aliphatic heterocycles. The highest BCUT2D eigenvalue weighted by Gasteiger charge is 2.16. The highest BCUT2D eigenvalue weighted by atomic mass is 16.3. The van der Waals surface area contributed by atoms with Crippen LogP contribution in [-0.2, 0) is 0 Å². The number of carbonyl (C=O) groups is 1. The van der Waals surface area contributed by atoms with Gasteiger partial charge in [0.15, 0.2) is 5.65 Å². The van der Waals surface area contributed by atoms with Crippen LogP contribution < -0.4 is 11.0 Å². The van der Waals surface area contributed by atoms with E-state index in [9.17, 15) is 9.59 Å². The average Bonchev–Trinajstić information content (AvgIpc) is 3.28. The average molecular weight is 337 g/mol. The van der Waals surface area contributed by atoms with Crippen molar-refractivity contribution >= 4 is 22.5 Å². The van der Waals surface area contributed by atoms with Crippen LogP contribution in [0.2, 0.25) is 0 Å². The Morgan fingerprint density at radius 2 is 2.16 bits per heavy atom. The molecule has 1 amide bonds. The van der Waals surface area contributed by atoms with Gasteiger partial charge in [-0.2, -0.15) is 5.10 Å². The number of hydrogen-bond donors (Lipinski definition) is 4. The molecule has 8 nitrogen and oxygen atoms in total. The zero-order valence-corrected chi connectivity index (χ0v) is 13.1. The van der Waals surface area contributed by atoms with Crippen molar-refractivity contribution in [2.24, 2.45) is 0 Å². The zero-order valence-electron chi connectivity index (χ0n) is 13.1. The van der Waals surface area contributed by atoms with Crippen LogP contribution in [0.25, 0.3) is 27.8 Å². The highest BCUT2D eigenvalue weighted by Crippen LogP contribution is 2.26. The molecule has 0 unspecified atom stereocenters. The lowest BCUT2D eigenvalue weighted by atomic mass is 10.0. The first kappa shape index (κ1) is 15.2. The number of aliphatic hydroxyl groups is 1. The van der Waals surface area contributed by atoms with E-state index in [4.69, 9.17) is 5.11 Å². The molecular formula is C17H15N5O3. The molecular weight excluding hydrogens is 322 g/mol. The first-order chi connectivity index (χ1) is 12.2. The number of fused-ring (bicyclic) bond motifs is 3. The quantitative estimate of drug-likeness (QED) is 0.443. The summed E-state index contributed by atoms with van der Waals surface area (Å²) in [6.07, 6.45) is 1.82. The van der Waals surface area contributed by atoms with Crippen LogP contribution in [-0.4, -0.2) is 43.7 Å². The van der Waals surface area contributed by atoms with Gasteiger partial charge in [0.05, 0.1) is 17.7 Å². The zero-order chi connectivity index (χ0) is 17.4. The monoisotopic (exact) mass is 337 g/mol. The molecule has 1 aromatic carbocycles. The standard InChI is InChI=1S/C17H15N5O3/c23-7-6-19-16(24)12-9-15-20-21-17(25)22(15)14-8-10(3-4-11(12)14)13-2-1-5-18-13/h1-5,8-9,18,23H,6-7H2,(H,19,24)(H,21,25). The summed E-state index contributed by atoms with van der Waals surface area (Å²) < 4.78 is 1.44. The molecule has 0 aliphatic rings. The van der Waals surface area contributed by atoms with Gasteiger partial charge in [0.2, 0.25) is 0 Å². The Labute approximate surface area is 141 Å². The molecule has 3 aromatic heterocycles. The summed E-state index contributed by atoms with van der Waals surface area (Å²) in [5.41, 5.74) is 2.76. The van der Waals surface area contributed by atoms with E-state index in [1.807, 2.05) is 30.5 Å². The van der Waals surface area contributed by atoms with E-state index in [2.05, 4.69) is 20.5 Å². The topological polar surface area (TPSA) is 115 Å². The van der Waals surface area contributed by atoms with Crippen molar-refractivity contribution in [2.75, 3.05) is 13.2 Å². The Morgan fingerprint density at radius 3 is 2.92 bits per heavy atom. The minimum absolute atomic E-state index is 0.148. The Hall–Kier alpha value is -3.39. The van der Waals surface area contributed by atoms with Gasteiger partial charge in [-0.3, -0.25) is 4.79 Å². The summed E-state index contributed by atoms with van der Waals surface area (Å²) in [6, 6.07) is 10.9. The number of aromatic nitrogens is 4. The molecule has 0 bridgehead atoms. The van der Waals surface area contributed by atoms with Crippen LogP contribution >= 0.6 is 0 Å². The largest absolute Gasteiger partial charge is 0.395 e. The van der Waals surface area contributed by atoms with Crippen molar-refractivity contribution in [3.63, 3.8) is 0 Å². The number of aromatic amines is 2. The number of nitrogens with zero attached hydrogens (tertiary/aromatic N) is 2. The van der Waals surface area contributed by atoms with Crippen molar-refractivity contribution in [2.45, 2.75) is 0 Å². The van der Waals surface area contributed by atoms with Gasteiger partial charge in [-0.15, -0.1) is 0 Å². The minimum Gasteiger partial charge on any atom is -0.395 e. The summed E-state index contributed by atoms with van der Waals surface area (Å²) in [7, 11) is 0. The number of benzene rings is 1. The minimum atomic E-state index is -0.369. The van der Waals surface area contributed by atoms with E-state index in [-0.39, 0.29) is 24.7 Å². The van der Waals surface area contributed by atoms with Crippen LogP contribution in [0.4, 0.5) is 0 Å². The molecule has 0 fully saturated rings. The lowest BCUT2D eigenvalue weighted by molar-refractivity contribution is 0.0946. The third kappa shape index (κ3) is 2.48. The molecule has 0 saturated heterocycles. The SMILES string of the molecule is O=C(NCCO)c1cc2n[nH]c(=O)n2c2cc(-c3ccc[nH]3)ccc12. The predicted molar refractivity (Wildman–Crippen MR) is 92.5 cm³/mol. The molecule has 4 rings (SSSR count). The van der Waals surface area contributed by atoms with E-state index in [1.54, 1.807) is 12.1 Å². The third-order valence-electron chi connectivity index (χ3n) is 4.05. The first-order valence-electron chi connectivity index (χ1n) is 7.76. The molecule has 0 atom stereocenters. The van der Waals surface area contributed by atoms with Crippen molar-refractivity contribution in [3.8, 4) is 11.3 Å². The van der Waals surface area contributed by atoms with Crippen molar-refractivity contribution in [1.82, 2.24) is 24.9 Å². The van der Waals surface area contributed by atoms with Gasteiger partial charge in [-0.05, 0) is 24.3 Å². The molecule has 126 valence electrons. The maximum atomic E-state index is 12.4. The maximum absolute atomic E-state index is 12.4. The van der Waals surface area contributed by atoms with Gasteiger partial charge in [0.1, 0.15) is 0 Å². The third-order valence-corrected chi connectivity index (χ3v) is 4.05. The van der Waals surface area contributed by atoms with Crippen LogP contribution in [0.15, 0.2) is 47.4 Å². The van der Waals surface area contributed by atoms with Crippen molar-refractivity contribution < 1.29 is 9.90 Å². The van der Waals surface area contributed by atoms with Gasteiger partial charge in [-0.1, -0.05) is 12.1 Å². The fraction of sp³-hybridized carbons (Fsp3) is 0.118. The van der Waals surface area contributed by atoms with Crippen LogP contribution in [0.5, 0.6) is 0 Å². The van der Waals surface area contributed by atoms with Crippen molar-refractivity contribution in [3.05, 3.63) is 58.6 Å². The summed E-state index contributed by atoms with van der Waals surface area (Å²) in [4.78, 5) is 27.7. The second-order valence-corrected chi connectivity index (χ2v) is 5.58. The number of carbonyl (C=O) groups excluding carboxylic acids is 1. The lowest BCUT2D eigenvalue weighted by Gasteiger charge is -2.10. The van der Waals surface area contributed by atoms with Gasteiger partial charge >= 0.3 is 5.69 Å². The van der Waals surface area contributed by atoms with E-state index in [0.29, 0.717) is 22.1 Å². The number of pyridine rings is 1. The van der Waals surface area contributed by atoms with Gasteiger partial charge < -0.3 is 15.4 Å². The summed E-state index contributed by atoms with van der Waals surface area (Å²) >= 11 is 0. The fourth-order valence-electron chi connectivity index (χ4n) is 2.92. The Morgan fingerprint density at radius 1 is 1.28 bits per heavy atom. The molecule has 25 heavy (non-hydrogen) atoms. The molecule has 0 aliphatic carbocycles. The number of aliphatic hydroxyl groups excluding tert-OH is 1. The fourth-order valence-corrected chi connectivity index (χ4v) is 2.92. The first-order valence-corrected chi connectivity index (χ1v) is 7.76. The van der Waals surface area contributed by atoms with E-state index in [0.717, 1.165) is 11.3 Å². The second-order valence-electron chi connectivity index (χ2n) is 5.58. The Balaban J connectivity index is 2.00. The highest BCUT2D eigenvalue weighted by molar-refractivity contribution is 6.08. The predicted octanol–water partition coefficient (Wildman–Crippen LogP) is 0.893. The lowest BCUT2D eigenvalue weighted by Crippen LogP contribution is -2.27. The van der Waals surface area contributed by atoms with Crippen LogP contribution in [0.3, 0.4) is 0 Å². The maximum Gasteiger partial charge on any atom is 0.348 e. The van der Waals surface area contributed by atoms with E-state index in [1.165, 1.54) is 4.40 Å². The molecule has 8 heteroatoms. The molecule has 4 aromatic rings. The number of hydrogen-bond acceptors (Lipinski definition) is 4. The number of rotatable bonds is 4. The molecule has 0 spiro atoms. The Bertz CT molecular complexity index is 1120. The smallest absolute Gasteiger partial charge is 0.348 e. The van der Waals surface area contributed by atoms with Crippen molar-refractivity contribution in [1.29, 1.82) is 0 Å². The summed E-state index contributed by atoms with van der Waals surface area (Å²) in [6.45, 7) is 0.00416. The van der Waals surface area contributed by atoms with Crippen LogP contribution in [0, 0.1) is 0 Å². The molecule has 0 radical (unpaired) electrons. The Kier molecular flexibility index (Phi) is 3.58. The molecule has 0 saturated carbocycles. The normalized spacial score (nSPS) is 11.2. The van der Waals surface area contributed by atoms with Gasteiger partial charge in [-0.25, -0.2) is 14.3 Å². The number of amides is 1.